The Kier molecular flexibility index (Phi) is 4.27. The van der Waals surface area contributed by atoms with E-state index in [9.17, 15) is 9.50 Å². The lowest BCUT2D eigenvalue weighted by Gasteiger charge is -2.12. The highest BCUT2D eigenvalue weighted by Crippen LogP contribution is 2.40. The van der Waals surface area contributed by atoms with Gasteiger partial charge in [0.25, 0.3) is 0 Å². The molecular weight excluding hydrogens is 267 g/mol. The van der Waals surface area contributed by atoms with Gasteiger partial charge in [-0.25, -0.2) is 4.39 Å². The van der Waals surface area contributed by atoms with E-state index in [2.05, 4.69) is 10.3 Å². The molecule has 1 heterocycles. The first kappa shape index (κ1) is 14.2. The van der Waals surface area contributed by atoms with Crippen LogP contribution in [0.1, 0.15) is 41.7 Å². The topological polar surface area (TPSA) is 45.1 Å². The number of aliphatic hydroxyl groups excluding tert-OH is 1. The molecule has 2 N–H and O–H groups in total. The van der Waals surface area contributed by atoms with Crippen LogP contribution in [0, 0.1) is 5.82 Å². The first-order chi connectivity index (χ1) is 10.2. The molecule has 21 heavy (non-hydrogen) atoms. The number of nitrogens with zero attached hydrogens (tertiary/aromatic N) is 1. The lowest BCUT2D eigenvalue weighted by Crippen LogP contribution is -2.22. The molecule has 1 unspecified atom stereocenters. The van der Waals surface area contributed by atoms with E-state index in [-0.39, 0.29) is 5.82 Å². The highest BCUT2D eigenvalue weighted by Gasteiger charge is 2.24. The van der Waals surface area contributed by atoms with Crippen LogP contribution in [0.5, 0.6) is 0 Å². The number of rotatable bonds is 6. The Labute approximate surface area is 123 Å². The molecule has 0 bridgehead atoms. The van der Waals surface area contributed by atoms with Crippen LogP contribution in [0.2, 0.25) is 0 Å². The van der Waals surface area contributed by atoms with Gasteiger partial charge < -0.3 is 10.4 Å². The molecule has 0 spiro atoms. The normalized spacial score (nSPS) is 15.9. The van der Waals surface area contributed by atoms with Crippen LogP contribution >= 0.6 is 0 Å². The zero-order valence-electron chi connectivity index (χ0n) is 11.8. The molecule has 1 aromatic heterocycles. The van der Waals surface area contributed by atoms with Gasteiger partial charge in [0, 0.05) is 24.8 Å². The summed E-state index contributed by atoms with van der Waals surface area (Å²) >= 11 is 0. The van der Waals surface area contributed by atoms with Crippen molar-refractivity contribution in [2.24, 2.45) is 0 Å². The van der Waals surface area contributed by atoms with E-state index in [0.29, 0.717) is 30.3 Å². The van der Waals surface area contributed by atoms with Crippen molar-refractivity contribution in [1.29, 1.82) is 0 Å². The van der Waals surface area contributed by atoms with E-state index in [1.165, 1.54) is 12.8 Å². The van der Waals surface area contributed by atoms with Gasteiger partial charge in [-0.05, 0) is 42.5 Å². The highest BCUT2D eigenvalue weighted by molar-refractivity contribution is 5.29. The average molecular weight is 286 g/mol. The van der Waals surface area contributed by atoms with Crippen LogP contribution in [0.25, 0.3) is 0 Å². The first-order valence-electron chi connectivity index (χ1n) is 7.32. The van der Waals surface area contributed by atoms with Crippen LogP contribution in [-0.2, 0) is 6.54 Å². The van der Waals surface area contributed by atoms with Gasteiger partial charge in [-0.1, -0.05) is 18.2 Å². The summed E-state index contributed by atoms with van der Waals surface area (Å²) in [6.07, 6.45) is 3.31. The lowest BCUT2D eigenvalue weighted by molar-refractivity contribution is 0.169. The standard InChI is InChI=1S/C17H19FN2O/c18-15-9-13(12-4-5-12)6-7-14(15)10-19-11-17(21)16-3-1-2-8-20-16/h1-3,6-9,12,17,19,21H,4-5,10-11H2. The lowest BCUT2D eigenvalue weighted by atomic mass is 10.1. The molecular formula is C17H19FN2O. The quantitative estimate of drug-likeness (QED) is 0.858. The molecule has 1 atom stereocenters. The Hall–Kier alpha value is -1.78. The van der Waals surface area contributed by atoms with Gasteiger partial charge in [-0.2, -0.15) is 0 Å². The minimum Gasteiger partial charge on any atom is -0.385 e. The molecule has 1 fully saturated rings. The Morgan fingerprint density at radius 1 is 1.29 bits per heavy atom. The fraction of sp³-hybridized carbons (Fsp3) is 0.353. The molecule has 3 nitrogen and oxygen atoms in total. The van der Waals surface area contributed by atoms with Crippen LogP contribution in [0.3, 0.4) is 0 Å². The summed E-state index contributed by atoms with van der Waals surface area (Å²) in [5, 5.41) is 13.0. The SMILES string of the molecule is OC(CNCc1ccc(C2CC2)cc1F)c1ccccn1. The second-order valence-corrected chi connectivity index (χ2v) is 5.53. The van der Waals surface area contributed by atoms with Crippen LogP contribution in [-0.4, -0.2) is 16.6 Å². The summed E-state index contributed by atoms with van der Waals surface area (Å²) in [7, 11) is 0. The zero-order valence-corrected chi connectivity index (χ0v) is 11.8. The van der Waals surface area contributed by atoms with E-state index < -0.39 is 6.10 Å². The predicted molar refractivity (Wildman–Crippen MR) is 79.3 cm³/mol. The smallest absolute Gasteiger partial charge is 0.127 e. The van der Waals surface area contributed by atoms with Crippen molar-refractivity contribution < 1.29 is 9.50 Å². The van der Waals surface area contributed by atoms with Gasteiger partial charge in [0.2, 0.25) is 0 Å². The number of hydrogen-bond acceptors (Lipinski definition) is 3. The number of nitrogens with one attached hydrogen (secondary N) is 1. The number of pyridine rings is 1. The number of aliphatic hydroxyl groups is 1. The monoisotopic (exact) mass is 286 g/mol. The van der Waals surface area contributed by atoms with Crippen LogP contribution in [0.15, 0.2) is 42.6 Å². The summed E-state index contributed by atoms with van der Waals surface area (Å²) in [5.74, 6) is 0.395. The molecule has 2 aromatic rings. The van der Waals surface area contributed by atoms with Crippen LogP contribution < -0.4 is 5.32 Å². The Bertz CT molecular complexity index is 599. The third kappa shape index (κ3) is 3.65. The predicted octanol–water partition coefficient (Wildman–Crippen LogP) is 2.92. The molecule has 0 radical (unpaired) electrons. The second kappa shape index (κ2) is 6.33. The van der Waals surface area contributed by atoms with E-state index in [4.69, 9.17) is 0 Å². The fourth-order valence-electron chi connectivity index (χ4n) is 2.40. The van der Waals surface area contributed by atoms with Gasteiger partial charge >= 0.3 is 0 Å². The molecule has 0 amide bonds. The minimum atomic E-state index is -0.681. The molecule has 1 saturated carbocycles. The van der Waals surface area contributed by atoms with Crippen molar-refractivity contribution in [3.05, 3.63) is 65.2 Å². The molecule has 1 aliphatic carbocycles. The molecule has 4 heteroatoms. The molecule has 0 saturated heterocycles. The second-order valence-electron chi connectivity index (χ2n) is 5.53. The fourth-order valence-corrected chi connectivity index (χ4v) is 2.40. The number of aromatic nitrogens is 1. The Morgan fingerprint density at radius 2 is 2.14 bits per heavy atom. The summed E-state index contributed by atoms with van der Waals surface area (Å²) in [5.41, 5.74) is 2.35. The van der Waals surface area contributed by atoms with E-state index >= 15 is 0 Å². The molecule has 1 aliphatic rings. The van der Waals surface area contributed by atoms with Gasteiger partial charge in [0.05, 0.1) is 5.69 Å². The van der Waals surface area contributed by atoms with Crippen molar-refractivity contribution in [1.82, 2.24) is 10.3 Å². The van der Waals surface area contributed by atoms with Crippen molar-refractivity contribution >= 4 is 0 Å². The maximum Gasteiger partial charge on any atom is 0.127 e. The molecule has 110 valence electrons. The maximum atomic E-state index is 14.0. The van der Waals surface area contributed by atoms with Crippen molar-refractivity contribution in [2.45, 2.75) is 31.4 Å². The minimum absolute atomic E-state index is 0.167. The third-order valence-electron chi connectivity index (χ3n) is 3.81. The largest absolute Gasteiger partial charge is 0.385 e. The Morgan fingerprint density at radius 3 is 2.81 bits per heavy atom. The average Bonchev–Trinajstić information content (AvgIpc) is 3.34. The maximum absolute atomic E-state index is 14.0. The first-order valence-corrected chi connectivity index (χ1v) is 7.32. The molecule has 1 aromatic carbocycles. The molecule has 0 aliphatic heterocycles. The van der Waals surface area contributed by atoms with Gasteiger partial charge in [0.1, 0.15) is 11.9 Å². The van der Waals surface area contributed by atoms with Crippen molar-refractivity contribution in [2.75, 3.05) is 6.54 Å². The summed E-state index contributed by atoms with van der Waals surface area (Å²) < 4.78 is 14.0. The number of halogens is 1. The molecule has 3 rings (SSSR count). The van der Waals surface area contributed by atoms with Gasteiger partial charge in [-0.15, -0.1) is 0 Å². The van der Waals surface area contributed by atoms with Gasteiger partial charge in [0.15, 0.2) is 0 Å². The summed E-state index contributed by atoms with van der Waals surface area (Å²) in [4.78, 5) is 4.10. The van der Waals surface area contributed by atoms with E-state index in [1.807, 2.05) is 18.2 Å². The van der Waals surface area contributed by atoms with Crippen molar-refractivity contribution in [3.8, 4) is 0 Å². The third-order valence-corrected chi connectivity index (χ3v) is 3.81. The Balaban J connectivity index is 1.53. The zero-order chi connectivity index (χ0) is 14.7. The number of hydrogen-bond donors (Lipinski definition) is 2. The van der Waals surface area contributed by atoms with Crippen LogP contribution in [0.4, 0.5) is 4.39 Å². The van der Waals surface area contributed by atoms with E-state index in [0.717, 1.165) is 5.56 Å². The summed E-state index contributed by atoms with van der Waals surface area (Å²) in [6.45, 7) is 0.751. The van der Waals surface area contributed by atoms with E-state index in [1.54, 1.807) is 24.4 Å². The number of benzene rings is 1. The summed E-state index contributed by atoms with van der Waals surface area (Å²) in [6, 6.07) is 10.9. The van der Waals surface area contributed by atoms with Gasteiger partial charge in [-0.3, -0.25) is 4.98 Å². The highest BCUT2D eigenvalue weighted by atomic mass is 19.1. The van der Waals surface area contributed by atoms with Crippen molar-refractivity contribution in [3.63, 3.8) is 0 Å².